The van der Waals surface area contributed by atoms with Crippen LogP contribution in [0.5, 0.6) is 0 Å². The number of aliphatic hydroxyl groups excluding tert-OH is 1. The molecule has 0 spiro atoms. The Bertz CT molecular complexity index is 613. The lowest BCUT2D eigenvalue weighted by Gasteiger charge is -2.56. The van der Waals surface area contributed by atoms with Gasteiger partial charge < -0.3 is 9.52 Å². The van der Waals surface area contributed by atoms with E-state index in [0.29, 0.717) is 17.8 Å². The third-order valence-corrected chi connectivity index (χ3v) is 6.90. The predicted molar refractivity (Wildman–Crippen MR) is 75.9 cm³/mol. The molecule has 0 aromatic carbocycles. The second kappa shape index (κ2) is 4.57. The maximum absolute atomic E-state index is 12.6. The lowest BCUT2D eigenvalue weighted by molar-refractivity contribution is -0.00828. The molecule has 4 saturated carbocycles. The Morgan fingerprint density at radius 3 is 2.19 bits per heavy atom. The molecule has 4 bridgehead atoms. The number of furan rings is 1. The van der Waals surface area contributed by atoms with Crippen LogP contribution in [0.25, 0.3) is 0 Å². The van der Waals surface area contributed by atoms with Gasteiger partial charge in [-0.25, -0.2) is 13.1 Å². The number of aliphatic hydroxyl groups is 1. The summed E-state index contributed by atoms with van der Waals surface area (Å²) in [4.78, 5) is 0. The second-order valence-corrected chi connectivity index (χ2v) is 8.80. The third-order valence-electron chi connectivity index (χ3n) is 5.45. The Hall–Kier alpha value is -0.850. The van der Waals surface area contributed by atoms with Crippen molar-refractivity contribution in [1.82, 2.24) is 4.72 Å². The molecule has 4 fully saturated rings. The molecule has 6 heteroatoms. The van der Waals surface area contributed by atoms with E-state index < -0.39 is 10.0 Å². The Morgan fingerprint density at radius 1 is 1.14 bits per heavy atom. The SMILES string of the molecule is O=S(=O)(NC12CC3CC(CC(C3)C1)C2)c1ccc(CO)o1. The molecule has 5 rings (SSSR count). The fraction of sp³-hybridized carbons (Fsp3) is 0.733. The van der Waals surface area contributed by atoms with Crippen LogP contribution in [0.1, 0.15) is 44.3 Å². The van der Waals surface area contributed by atoms with Crippen LogP contribution >= 0.6 is 0 Å². The highest BCUT2D eigenvalue weighted by Crippen LogP contribution is 2.55. The van der Waals surface area contributed by atoms with Gasteiger partial charge in [0, 0.05) is 5.54 Å². The van der Waals surface area contributed by atoms with Crippen LogP contribution in [-0.2, 0) is 16.6 Å². The van der Waals surface area contributed by atoms with E-state index in [1.807, 2.05) is 0 Å². The molecular formula is C15H21NO4S. The maximum atomic E-state index is 12.6. The van der Waals surface area contributed by atoms with Gasteiger partial charge >= 0.3 is 0 Å². The van der Waals surface area contributed by atoms with Gasteiger partial charge in [0.1, 0.15) is 12.4 Å². The van der Waals surface area contributed by atoms with E-state index in [0.717, 1.165) is 19.3 Å². The quantitative estimate of drug-likeness (QED) is 0.891. The highest BCUT2D eigenvalue weighted by atomic mass is 32.2. The molecule has 116 valence electrons. The van der Waals surface area contributed by atoms with Crippen LogP contribution in [0.4, 0.5) is 0 Å². The topological polar surface area (TPSA) is 79.5 Å². The Morgan fingerprint density at radius 2 is 1.71 bits per heavy atom. The summed E-state index contributed by atoms with van der Waals surface area (Å²) < 4.78 is 33.3. The van der Waals surface area contributed by atoms with E-state index in [2.05, 4.69) is 4.72 Å². The first kappa shape index (κ1) is 13.8. The first-order valence-corrected chi connectivity index (χ1v) is 9.20. The molecule has 0 saturated heterocycles. The van der Waals surface area contributed by atoms with Crippen LogP contribution < -0.4 is 4.72 Å². The van der Waals surface area contributed by atoms with Gasteiger partial charge in [-0.3, -0.25) is 0 Å². The summed E-state index contributed by atoms with van der Waals surface area (Å²) in [6, 6.07) is 2.93. The van der Waals surface area contributed by atoms with Crippen molar-refractivity contribution in [1.29, 1.82) is 0 Å². The van der Waals surface area contributed by atoms with Gasteiger partial charge in [0.2, 0.25) is 5.09 Å². The summed E-state index contributed by atoms with van der Waals surface area (Å²) in [6.07, 6.45) is 6.71. The van der Waals surface area contributed by atoms with Crippen LogP contribution in [0.2, 0.25) is 0 Å². The average Bonchev–Trinajstić information content (AvgIpc) is 2.85. The van der Waals surface area contributed by atoms with Crippen LogP contribution in [0.3, 0.4) is 0 Å². The number of hydrogen-bond acceptors (Lipinski definition) is 4. The summed E-state index contributed by atoms with van der Waals surface area (Å²) >= 11 is 0. The molecular weight excluding hydrogens is 290 g/mol. The Balaban J connectivity index is 1.60. The number of nitrogens with one attached hydrogen (secondary N) is 1. The minimum absolute atomic E-state index is 0.0812. The van der Waals surface area contributed by atoms with Gasteiger partial charge in [-0.2, -0.15) is 0 Å². The zero-order valence-electron chi connectivity index (χ0n) is 11.9. The zero-order chi connectivity index (χ0) is 14.7. The van der Waals surface area contributed by atoms with Gasteiger partial charge in [-0.1, -0.05) is 0 Å². The molecule has 1 aromatic rings. The molecule has 5 nitrogen and oxygen atoms in total. The van der Waals surface area contributed by atoms with Crippen LogP contribution in [0, 0.1) is 17.8 Å². The standard InChI is InChI=1S/C15H21NO4S/c17-9-13-1-2-14(20-13)21(18,19)16-15-6-10-3-11(7-15)5-12(4-10)8-15/h1-2,10-12,16-17H,3-9H2. The summed E-state index contributed by atoms with van der Waals surface area (Å²) in [7, 11) is -3.64. The minimum atomic E-state index is -3.64. The summed E-state index contributed by atoms with van der Waals surface area (Å²) in [5.74, 6) is 2.33. The van der Waals surface area contributed by atoms with E-state index in [-0.39, 0.29) is 23.0 Å². The molecule has 0 unspecified atom stereocenters. The van der Waals surface area contributed by atoms with Crippen molar-refractivity contribution < 1.29 is 17.9 Å². The minimum Gasteiger partial charge on any atom is -0.446 e. The number of sulfonamides is 1. The molecule has 1 aromatic heterocycles. The van der Waals surface area contributed by atoms with Gasteiger partial charge in [-0.05, 0) is 68.4 Å². The van der Waals surface area contributed by atoms with E-state index in [1.165, 1.54) is 31.4 Å². The van der Waals surface area contributed by atoms with Crippen LogP contribution in [-0.4, -0.2) is 19.1 Å². The molecule has 2 N–H and O–H groups in total. The van der Waals surface area contributed by atoms with Gasteiger partial charge in [0.15, 0.2) is 0 Å². The van der Waals surface area contributed by atoms with E-state index in [9.17, 15) is 8.42 Å². The fourth-order valence-corrected chi connectivity index (χ4v) is 6.54. The number of rotatable bonds is 4. The van der Waals surface area contributed by atoms with Crippen molar-refractivity contribution in [3.05, 3.63) is 17.9 Å². The lowest BCUT2D eigenvalue weighted by atomic mass is 9.53. The summed E-state index contributed by atoms with van der Waals surface area (Å²) in [5, 5.41) is 8.93. The zero-order valence-corrected chi connectivity index (χ0v) is 12.7. The van der Waals surface area contributed by atoms with E-state index in [4.69, 9.17) is 9.52 Å². The van der Waals surface area contributed by atoms with E-state index >= 15 is 0 Å². The normalized spacial score (nSPS) is 38.0. The van der Waals surface area contributed by atoms with Crippen molar-refractivity contribution >= 4 is 10.0 Å². The summed E-state index contributed by atoms with van der Waals surface area (Å²) in [5.41, 5.74) is -0.264. The second-order valence-electron chi connectivity index (χ2n) is 7.18. The molecule has 0 atom stereocenters. The van der Waals surface area contributed by atoms with Gasteiger partial charge in [0.05, 0.1) is 0 Å². The molecule has 1 heterocycles. The fourth-order valence-electron chi connectivity index (χ4n) is 5.16. The van der Waals surface area contributed by atoms with Crippen molar-refractivity contribution in [2.45, 2.75) is 55.8 Å². The summed E-state index contributed by atoms with van der Waals surface area (Å²) in [6.45, 7) is -0.285. The molecule has 4 aliphatic rings. The first-order valence-electron chi connectivity index (χ1n) is 7.72. The Labute approximate surface area is 124 Å². The average molecular weight is 311 g/mol. The third kappa shape index (κ3) is 2.33. The Kier molecular flexibility index (Phi) is 3.00. The van der Waals surface area contributed by atoms with Crippen molar-refractivity contribution in [2.75, 3.05) is 0 Å². The highest BCUT2D eigenvalue weighted by molar-refractivity contribution is 7.89. The van der Waals surface area contributed by atoms with E-state index in [1.54, 1.807) is 0 Å². The highest BCUT2D eigenvalue weighted by Gasteiger charge is 2.52. The van der Waals surface area contributed by atoms with Crippen molar-refractivity contribution in [2.24, 2.45) is 17.8 Å². The number of hydrogen-bond donors (Lipinski definition) is 2. The largest absolute Gasteiger partial charge is 0.446 e. The van der Waals surface area contributed by atoms with Crippen molar-refractivity contribution in [3.63, 3.8) is 0 Å². The molecule has 0 radical (unpaired) electrons. The monoisotopic (exact) mass is 311 g/mol. The smallest absolute Gasteiger partial charge is 0.274 e. The van der Waals surface area contributed by atoms with Gasteiger partial charge in [0.25, 0.3) is 10.0 Å². The van der Waals surface area contributed by atoms with Crippen molar-refractivity contribution in [3.8, 4) is 0 Å². The van der Waals surface area contributed by atoms with Gasteiger partial charge in [-0.15, -0.1) is 0 Å². The molecule has 0 aliphatic heterocycles. The lowest BCUT2D eigenvalue weighted by Crippen LogP contribution is -2.59. The van der Waals surface area contributed by atoms with Crippen LogP contribution in [0.15, 0.2) is 21.6 Å². The molecule has 4 aliphatic carbocycles. The molecule has 21 heavy (non-hydrogen) atoms. The predicted octanol–water partition coefficient (Wildman–Crippen LogP) is 2.02. The first-order chi connectivity index (χ1) is 9.98. The maximum Gasteiger partial charge on any atom is 0.274 e. The molecule has 0 amide bonds.